The number of methoxy groups -OCH3 is 1. The Labute approximate surface area is 102 Å². The number of hydrogen-bond acceptors (Lipinski definition) is 4. The van der Waals surface area contributed by atoms with Gasteiger partial charge in [-0.1, -0.05) is 11.6 Å². The second-order valence-electron chi connectivity index (χ2n) is 3.14. The van der Waals surface area contributed by atoms with Gasteiger partial charge in [-0.3, -0.25) is 0 Å². The molecule has 0 bridgehead atoms. The maximum atomic E-state index is 8.96. The van der Waals surface area contributed by atoms with Crippen molar-refractivity contribution >= 4 is 22.9 Å². The SMILES string of the molecule is COc1ccc(-c2ncc(CO)s2)cc1Cl. The minimum absolute atomic E-state index is 0.0154. The average Bonchev–Trinajstić information content (AvgIpc) is 2.77. The maximum Gasteiger partial charge on any atom is 0.137 e. The third-order valence-corrected chi connectivity index (χ3v) is 3.43. The molecule has 0 unspecified atom stereocenters. The minimum atomic E-state index is 0.0154. The highest BCUT2D eigenvalue weighted by molar-refractivity contribution is 7.15. The van der Waals surface area contributed by atoms with Crippen LogP contribution in [0.4, 0.5) is 0 Å². The van der Waals surface area contributed by atoms with Crippen LogP contribution in [0.3, 0.4) is 0 Å². The predicted molar refractivity (Wildman–Crippen MR) is 65.0 cm³/mol. The molecular formula is C11H10ClNO2S. The van der Waals surface area contributed by atoms with Crippen LogP contribution < -0.4 is 4.74 Å². The lowest BCUT2D eigenvalue weighted by molar-refractivity contribution is 0.285. The molecule has 1 N–H and O–H groups in total. The zero-order valence-electron chi connectivity index (χ0n) is 8.61. The van der Waals surface area contributed by atoms with Crippen molar-refractivity contribution in [3.63, 3.8) is 0 Å². The molecular weight excluding hydrogens is 246 g/mol. The van der Waals surface area contributed by atoms with Crippen LogP contribution in [0.2, 0.25) is 5.02 Å². The topological polar surface area (TPSA) is 42.4 Å². The molecule has 1 aromatic carbocycles. The van der Waals surface area contributed by atoms with Crippen molar-refractivity contribution in [3.05, 3.63) is 34.3 Å². The molecule has 0 atom stereocenters. The minimum Gasteiger partial charge on any atom is -0.495 e. The summed E-state index contributed by atoms with van der Waals surface area (Å²) >= 11 is 7.47. The first-order valence-electron chi connectivity index (χ1n) is 4.64. The van der Waals surface area contributed by atoms with Crippen molar-refractivity contribution in [2.75, 3.05) is 7.11 Å². The summed E-state index contributed by atoms with van der Waals surface area (Å²) in [7, 11) is 1.58. The van der Waals surface area contributed by atoms with Gasteiger partial charge in [0.2, 0.25) is 0 Å². The number of ether oxygens (including phenoxy) is 1. The third-order valence-electron chi connectivity index (χ3n) is 2.11. The lowest BCUT2D eigenvalue weighted by Crippen LogP contribution is -1.84. The number of halogens is 1. The zero-order chi connectivity index (χ0) is 11.5. The molecule has 1 heterocycles. The van der Waals surface area contributed by atoms with Gasteiger partial charge in [0.25, 0.3) is 0 Å². The maximum absolute atomic E-state index is 8.96. The molecule has 16 heavy (non-hydrogen) atoms. The fourth-order valence-corrected chi connectivity index (χ4v) is 2.34. The molecule has 0 aliphatic heterocycles. The molecule has 1 aromatic heterocycles. The van der Waals surface area contributed by atoms with Crippen molar-refractivity contribution in [1.29, 1.82) is 0 Å². The summed E-state index contributed by atoms with van der Waals surface area (Å²) in [5.41, 5.74) is 0.926. The molecule has 3 nitrogen and oxygen atoms in total. The molecule has 0 aliphatic rings. The summed E-state index contributed by atoms with van der Waals surface area (Å²) in [6.45, 7) is 0.0154. The van der Waals surface area contributed by atoms with Gasteiger partial charge in [-0.2, -0.15) is 0 Å². The lowest BCUT2D eigenvalue weighted by atomic mass is 10.2. The fraction of sp³-hybridized carbons (Fsp3) is 0.182. The number of rotatable bonds is 3. The molecule has 2 aromatic rings. The van der Waals surface area contributed by atoms with Gasteiger partial charge in [0.05, 0.1) is 23.6 Å². The van der Waals surface area contributed by atoms with E-state index in [2.05, 4.69) is 4.98 Å². The van der Waals surface area contributed by atoms with E-state index in [4.69, 9.17) is 21.4 Å². The summed E-state index contributed by atoms with van der Waals surface area (Å²) in [6.07, 6.45) is 1.66. The van der Waals surface area contributed by atoms with Crippen molar-refractivity contribution in [2.24, 2.45) is 0 Å². The Morgan fingerprint density at radius 1 is 1.50 bits per heavy atom. The Morgan fingerprint density at radius 2 is 2.31 bits per heavy atom. The number of thiazole rings is 1. The van der Waals surface area contributed by atoms with E-state index in [1.807, 2.05) is 6.07 Å². The second-order valence-corrected chi connectivity index (χ2v) is 4.66. The second kappa shape index (κ2) is 4.82. The number of hydrogen-bond donors (Lipinski definition) is 1. The largest absolute Gasteiger partial charge is 0.495 e. The number of nitrogens with zero attached hydrogens (tertiary/aromatic N) is 1. The van der Waals surface area contributed by atoms with E-state index in [-0.39, 0.29) is 6.61 Å². The van der Waals surface area contributed by atoms with E-state index >= 15 is 0 Å². The van der Waals surface area contributed by atoms with Gasteiger partial charge in [0.1, 0.15) is 10.8 Å². The Hall–Kier alpha value is -1.10. The summed E-state index contributed by atoms with van der Waals surface area (Å²) in [6, 6.07) is 5.50. The van der Waals surface area contributed by atoms with Crippen LogP contribution in [-0.2, 0) is 6.61 Å². The average molecular weight is 256 g/mol. The molecule has 84 valence electrons. The first kappa shape index (κ1) is 11.4. The molecule has 0 amide bonds. The molecule has 0 radical (unpaired) electrons. The highest BCUT2D eigenvalue weighted by Crippen LogP contribution is 2.32. The Bertz CT molecular complexity index is 498. The van der Waals surface area contributed by atoms with Crippen molar-refractivity contribution < 1.29 is 9.84 Å². The first-order valence-corrected chi connectivity index (χ1v) is 5.83. The number of aromatic nitrogens is 1. The van der Waals surface area contributed by atoms with Crippen LogP contribution in [0.15, 0.2) is 24.4 Å². The van der Waals surface area contributed by atoms with Gasteiger partial charge < -0.3 is 9.84 Å². The first-order chi connectivity index (χ1) is 7.74. The third kappa shape index (κ3) is 2.19. The van der Waals surface area contributed by atoms with Crippen LogP contribution in [0.25, 0.3) is 10.6 Å². The van der Waals surface area contributed by atoms with Crippen LogP contribution in [-0.4, -0.2) is 17.2 Å². The van der Waals surface area contributed by atoms with Crippen LogP contribution in [0.1, 0.15) is 4.88 Å². The molecule has 0 fully saturated rings. The monoisotopic (exact) mass is 255 g/mol. The van der Waals surface area contributed by atoms with Crippen LogP contribution >= 0.6 is 22.9 Å². The van der Waals surface area contributed by atoms with Gasteiger partial charge in [0.15, 0.2) is 0 Å². The standard InChI is InChI=1S/C11H10ClNO2S/c1-15-10-3-2-7(4-9(10)12)11-13-5-8(6-14)16-11/h2-5,14H,6H2,1H3. The molecule has 0 saturated heterocycles. The number of aliphatic hydroxyl groups is 1. The van der Waals surface area contributed by atoms with Crippen molar-refractivity contribution in [1.82, 2.24) is 4.98 Å². The predicted octanol–water partition coefficient (Wildman–Crippen LogP) is 2.96. The molecule has 5 heteroatoms. The molecule has 0 aliphatic carbocycles. The van der Waals surface area contributed by atoms with Gasteiger partial charge in [-0.25, -0.2) is 4.98 Å². The van der Waals surface area contributed by atoms with Gasteiger partial charge in [0, 0.05) is 11.8 Å². The normalized spacial score (nSPS) is 10.4. The smallest absolute Gasteiger partial charge is 0.137 e. The van der Waals surface area contributed by atoms with E-state index in [0.717, 1.165) is 15.4 Å². The van der Waals surface area contributed by atoms with Crippen molar-refractivity contribution in [3.8, 4) is 16.3 Å². The quantitative estimate of drug-likeness (QED) is 0.917. The fourth-order valence-electron chi connectivity index (χ4n) is 1.31. The van der Waals surface area contributed by atoms with E-state index in [1.165, 1.54) is 11.3 Å². The van der Waals surface area contributed by atoms with Gasteiger partial charge in [-0.05, 0) is 18.2 Å². The highest BCUT2D eigenvalue weighted by atomic mass is 35.5. The van der Waals surface area contributed by atoms with E-state index < -0.39 is 0 Å². The molecule has 2 rings (SSSR count). The van der Waals surface area contributed by atoms with E-state index in [9.17, 15) is 0 Å². The summed E-state index contributed by atoms with van der Waals surface area (Å²) in [5, 5.41) is 10.4. The van der Waals surface area contributed by atoms with Crippen LogP contribution in [0.5, 0.6) is 5.75 Å². The zero-order valence-corrected chi connectivity index (χ0v) is 10.2. The lowest BCUT2D eigenvalue weighted by Gasteiger charge is -2.03. The molecule has 0 spiro atoms. The Balaban J connectivity index is 2.37. The molecule has 0 saturated carbocycles. The van der Waals surface area contributed by atoms with E-state index in [0.29, 0.717) is 10.8 Å². The Kier molecular flexibility index (Phi) is 3.43. The highest BCUT2D eigenvalue weighted by Gasteiger charge is 2.07. The van der Waals surface area contributed by atoms with Gasteiger partial charge >= 0.3 is 0 Å². The van der Waals surface area contributed by atoms with Gasteiger partial charge in [-0.15, -0.1) is 11.3 Å². The summed E-state index contributed by atoms with van der Waals surface area (Å²) < 4.78 is 5.07. The summed E-state index contributed by atoms with van der Waals surface area (Å²) in [4.78, 5) is 5.05. The summed E-state index contributed by atoms with van der Waals surface area (Å²) in [5.74, 6) is 0.643. The van der Waals surface area contributed by atoms with Crippen LogP contribution in [0, 0.1) is 0 Å². The van der Waals surface area contributed by atoms with E-state index in [1.54, 1.807) is 25.4 Å². The van der Waals surface area contributed by atoms with Crippen molar-refractivity contribution in [2.45, 2.75) is 6.61 Å². The Morgan fingerprint density at radius 3 is 2.88 bits per heavy atom. The number of aliphatic hydroxyl groups excluding tert-OH is 1. The number of benzene rings is 1.